The third kappa shape index (κ3) is 2.20. The van der Waals surface area contributed by atoms with Gasteiger partial charge in [-0.25, -0.2) is 4.39 Å². The number of aryl methyl sites for hydroxylation is 1. The molecule has 0 saturated carbocycles. The average molecular weight is 250 g/mol. The highest BCUT2D eigenvalue weighted by Gasteiger charge is 2.29. The van der Waals surface area contributed by atoms with Crippen molar-refractivity contribution in [1.82, 2.24) is 10.2 Å². The standard InChI is InChI=1S/C13H15FN2O2/c1-8-3-4-10(7-11(8)14)13(18)16-6-5-15-12(17)9(16)2/h3-4,7,9H,5-6H2,1-2H3,(H,15,17). The van der Waals surface area contributed by atoms with E-state index in [1.807, 2.05) is 0 Å². The van der Waals surface area contributed by atoms with Gasteiger partial charge in [-0.2, -0.15) is 0 Å². The molecule has 0 bridgehead atoms. The van der Waals surface area contributed by atoms with Crippen molar-refractivity contribution >= 4 is 11.8 Å². The minimum absolute atomic E-state index is 0.179. The Morgan fingerprint density at radius 3 is 2.89 bits per heavy atom. The van der Waals surface area contributed by atoms with Crippen LogP contribution in [0.15, 0.2) is 18.2 Å². The van der Waals surface area contributed by atoms with E-state index >= 15 is 0 Å². The molecule has 18 heavy (non-hydrogen) atoms. The van der Waals surface area contributed by atoms with Crippen LogP contribution in [0.1, 0.15) is 22.8 Å². The number of carbonyl (C=O) groups is 2. The quantitative estimate of drug-likeness (QED) is 0.811. The molecule has 1 aliphatic rings. The summed E-state index contributed by atoms with van der Waals surface area (Å²) in [4.78, 5) is 25.1. The van der Waals surface area contributed by atoms with E-state index in [1.54, 1.807) is 26.0 Å². The van der Waals surface area contributed by atoms with Crippen LogP contribution in [0.2, 0.25) is 0 Å². The predicted octanol–water partition coefficient (Wildman–Crippen LogP) is 1.09. The first-order chi connectivity index (χ1) is 8.50. The zero-order valence-electron chi connectivity index (χ0n) is 10.4. The molecular formula is C13H15FN2O2. The first kappa shape index (κ1) is 12.5. The Hall–Kier alpha value is -1.91. The maximum atomic E-state index is 13.4. The van der Waals surface area contributed by atoms with Crippen LogP contribution in [0, 0.1) is 12.7 Å². The van der Waals surface area contributed by atoms with Crippen molar-refractivity contribution < 1.29 is 14.0 Å². The molecule has 5 heteroatoms. The highest BCUT2D eigenvalue weighted by Crippen LogP contribution is 2.14. The van der Waals surface area contributed by atoms with Gasteiger partial charge >= 0.3 is 0 Å². The molecule has 0 aliphatic carbocycles. The summed E-state index contributed by atoms with van der Waals surface area (Å²) in [5.74, 6) is -0.895. The summed E-state index contributed by atoms with van der Waals surface area (Å²) in [7, 11) is 0. The van der Waals surface area contributed by atoms with Gasteiger partial charge in [0, 0.05) is 18.7 Å². The Bertz CT molecular complexity index is 502. The number of piperazine rings is 1. The minimum Gasteiger partial charge on any atom is -0.353 e. The lowest BCUT2D eigenvalue weighted by Crippen LogP contribution is -2.55. The number of nitrogens with zero attached hydrogens (tertiary/aromatic N) is 1. The van der Waals surface area contributed by atoms with E-state index < -0.39 is 11.9 Å². The molecule has 4 nitrogen and oxygen atoms in total. The second-order valence-corrected chi connectivity index (χ2v) is 4.43. The van der Waals surface area contributed by atoms with E-state index in [4.69, 9.17) is 0 Å². The van der Waals surface area contributed by atoms with Crippen molar-refractivity contribution in [2.24, 2.45) is 0 Å². The second-order valence-electron chi connectivity index (χ2n) is 4.43. The maximum Gasteiger partial charge on any atom is 0.254 e. The number of rotatable bonds is 1. The van der Waals surface area contributed by atoms with E-state index in [0.29, 0.717) is 18.7 Å². The Morgan fingerprint density at radius 1 is 1.50 bits per heavy atom. The summed E-state index contributed by atoms with van der Waals surface area (Å²) >= 11 is 0. The molecule has 0 spiro atoms. The van der Waals surface area contributed by atoms with E-state index in [0.717, 1.165) is 0 Å². The first-order valence-electron chi connectivity index (χ1n) is 5.85. The number of carbonyl (C=O) groups excluding carboxylic acids is 2. The lowest BCUT2D eigenvalue weighted by atomic mass is 10.1. The van der Waals surface area contributed by atoms with Gasteiger partial charge in [0.2, 0.25) is 5.91 Å². The van der Waals surface area contributed by atoms with Crippen LogP contribution in [-0.4, -0.2) is 35.8 Å². The van der Waals surface area contributed by atoms with Crippen LogP contribution in [0.3, 0.4) is 0 Å². The van der Waals surface area contributed by atoms with Crippen LogP contribution in [-0.2, 0) is 4.79 Å². The number of benzene rings is 1. The van der Waals surface area contributed by atoms with Gasteiger partial charge in [0.15, 0.2) is 0 Å². The average Bonchev–Trinajstić information content (AvgIpc) is 2.35. The maximum absolute atomic E-state index is 13.4. The molecule has 1 atom stereocenters. The van der Waals surface area contributed by atoms with Crippen molar-refractivity contribution in [3.05, 3.63) is 35.1 Å². The van der Waals surface area contributed by atoms with Gasteiger partial charge in [-0.3, -0.25) is 9.59 Å². The second kappa shape index (κ2) is 4.76. The van der Waals surface area contributed by atoms with E-state index in [1.165, 1.54) is 11.0 Å². The number of hydrogen-bond donors (Lipinski definition) is 1. The van der Waals surface area contributed by atoms with Crippen LogP contribution in [0.4, 0.5) is 4.39 Å². The van der Waals surface area contributed by atoms with E-state index in [-0.39, 0.29) is 17.4 Å². The van der Waals surface area contributed by atoms with E-state index in [9.17, 15) is 14.0 Å². The Labute approximate surface area is 105 Å². The fraction of sp³-hybridized carbons (Fsp3) is 0.385. The van der Waals surface area contributed by atoms with Gasteiger partial charge < -0.3 is 10.2 Å². The highest BCUT2D eigenvalue weighted by molar-refractivity contribution is 5.98. The molecule has 96 valence electrons. The van der Waals surface area contributed by atoms with Crippen LogP contribution < -0.4 is 5.32 Å². The molecule has 1 aliphatic heterocycles. The number of amides is 2. The molecule has 0 radical (unpaired) electrons. The van der Waals surface area contributed by atoms with Crippen molar-refractivity contribution in [2.45, 2.75) is 19.9 Å². The van der Waals surface area contributed by atoms with Gasteiger partial charge in [0.25, 0.3) is 5.91 Å². The molecule has 1 heterocycles. The summed E-state index contributed by atoms with van der Waals surface area (Å²) < 4.78 is 13.4. The Kier molecular flexibility index (Phi) is 3.32. The van der Waals surface area contributed by atoms with E-state index in [2.05, 4.69) is 5.32 Å². The SMILES string of the molecule is Cc1ccc(C(=O)N2CCNC(=O)C2C)cc1F. The van der Waals surface area contributed by atoms with Crippen LogP contribution in [0.25, 0.3) is 0 Å². The Balaban J connectivity index is 2.25. The predicted molar refractivity (Wildman–Crippen MR) is 64.6 cm³/mol. The zero-order chi connectivity index (χ0) is 13.3. The van der Waals surface area contributed by atoms with Gasteiger partial charge in [0.05, 0.1) is 0 Å². The summed E-state index contributed by atoms with van der Waals surface area (Å²) in [6.45, 7) is 4.18. The third-order valence-corrected chi connectivity index (χ3v) is 3.18. The highest BCUT2D eigenvalue weighted by atomic mass is 19.1. The normalized spacial score (nSPS) is 19.6. The van der Waals surface area contributed by atoms with Crippen molar-refractivity contribution in [2.75, 3.05) is 13.1 Å². The fourth-order valence-corrected chi connectivity index (χ4v) is 1.95. The van der Waals surface area contributed by atoms with Gasteiger partial charge in [-0.1, -0.05) is 6.07 Å². The summed E-state index contributed by atoms with van der Waals surface area (Å²) in [6, 6.07) is 3.85. The fourth-order valence-electron chi connectivity index (χ4n) is 1.95. The largest absolute Gasteiger partial charge is 0.353 e. The van der Waals surface area contributed by atoms with Gasteiger partial charge in [-0.05, 0) is 31.5 Å². The monoisotopic (exact) mass is 250 g/mol. The molecule has 1 N–H and O–H groups in total. The summed E-state index contributed by atoms with van der Waals surface area (Å²) in [5, 5.41) is 2.68. The molecular weight excluding hydrogens is 235 g/mol. The number of halogens is 1. The summed E-state index contributed by atoms with van der Waals surface area (Å²) in [6.07, 6.45) is 0. The molecule has 2 rings (SSSR count). The molecule has 1 aromatic carbocycles. The summed E-state index contributed by atoms with van der Waals surface area (Å²) in [5.41, 5.74) is 0.774. The Morgan fingerprint density at radius 2 is 2.22 bits per heavy atom. The smallest absolute Gasteiger partial charge is 0.254 e. The zero-order valence-corrected chi connectivity index (χ0v) is 10.4. The molecule has 1 unspecified atom stereocenters. The van der Waals surface area contributed by atoms with Crippen molar-refractivity contribution in [3.8, 4) is 0 Å². The minimum atomic E-state index is -0.518. The van der Waals surface area contributed by atoms with Gasteiger partial charge in [-0.15, -0.1) is 0 Å². The molecule has 1 saturated heterocycles. The third-order valence-electron chi connectivity index (χ3n) is 3.18. The first-order valence-corrected chi connectivity index (χ1v) is 5.85. The lowest BCUT2D eigenvalue weighted by Gasteiger charge is -2.32. The van der Waals surface area contributed by atoms with Crippen LogP contribution in [0.5, 0.6) is 0 Å². The molecule has 1 aromatic rings. The number of nitrogens with one attached hydrogen (secondary N) is 1. The van der Waals surface area contributed by atoms with Crippen molar-refractivity contribution in [3.63, 3.8) is 0 Å². The molecule has 0 aromatic heterocycles. The van der Waals surface area contributed by atoms with Crippen LogP contribution >= 0.6 is 0 Å². The topological polar surface area (TPSA) is 49.4 Å². The number of hydrogen-bond acceptors (Lipinski definition) is 2. The lowest BCUT2D eigenvalue weighted by molar-refractivity contribution is -0.127. The van der Waals surface area contributed by atoms with Gasteiger partial charge in [0.1, 0.15) is 11.9 Å². The van der Waals surface area contributed by atoms with Crippen molar-refractivity contribution in [1.29, 1.82) is 0 Å². The molecule has 1 fully saturated rings. The molecule has 2 amide bonds.